The highest BCUT2D eigenvalue weighted by Gasteiger charge is 2.44. The van der Waals surface area contributed by atoms with Gasteiger partial charge in [-0.1, -0.05) is 23.9 Å². The van der Waals surface area contributed by atoms with Gasteiger partial charge in [0.25, 0.3) is 0 Å². The first kappa shape index (κ1) is 19.6. The van der Waals surface area contributed by atoms with Gasteiger partial charge in [-0.15, -0.1) is 0 Å². The zero-order valence-electron chi connectivity index (χ0n) is 16.5. The molecule has 0 bridgehead atoms. The van der Waals surface area contributed by atoms with Gasteiger partial charge in [0.1, 0.15) is 5.25 Å². The summed E-state index contributed by atoms with van der Waals surface area (Å²) >= 11 is 1.38. The van der Waals surface area contributed by atoms with Gasteiger partial charge in [-0.3, -0.25) is 19.5 Å². The summed E-state index contributed by atoms with van der Waals surface area (Å²) in [4.78, 5) is 40.2. The number of amidine groups is 1. The molecule has 1 aliphatic carbocycles. The molecular formula is C21H23N5O2S. The second kappa shape index (κ2) is 8.32. The summed E-state index contributed by atoms with van der Waals surface area (Å²) in [6.07, 6.45) is 7.70. The largest absolute Gasteiger partial charge is 0.309 e. The third-order valence-electron chi connectivity index (χ3n) is 5.40. The van der Waals surface area contributed by atoms with Crippen LogP contribution in [0.15, 0.2) is 41.8 Å². The van der Waals surface area contributed by atoms with Crippen molar-refractivity contribution in [1.82, 2.24) is 14.9 Å². The number of amides is 2. The van der Waals surface area contributed by atoms with Gasteiger partial charge in [0.15, 0.2) is 11.0 Å². The third-order valence-corrected chi connectivity index (χ3v) is 6.55. The highest BCUT2D eigenvalue weighted by molar-refractivity contribution is 8.15. The predicted octanol–water partition coefficient (Wildman–Crippen LogP) is 3.61. The van der Waals surface area contributed by atoms with Crippen molar-refractivity contribution in [2.24, 2.45) is 4.99 Å². The Morgan fingerprint density at radius 1 is 1.31 bits per heavy atom. The Morgan fingerprint density at radius 3 is 2.83 bits per heavy atom. The molecule has 2 aliphatic rings. The molecule has 1 N–H and O–H groups in total. The molecule has 2 heterocycles. The Bertz CT molecular complexity index is 959. The number of aryl methyl sites for hydroxylation is 1. The van der Waals surface area contributed by atoms with Crippen molar-refractivity contribution in [3.8, 4) is 0 Å². The first-order chi connectivity index (χ1) is 14.0. The lowest BCUT2D eigenvalue weighted by atomic mass is 9.91. The molecule has 7 nitrogen and oxygen atoms in total. The molecular weight excluding hydrogens is 386 g/mol. The molecule has 0 spiro atoms. The van der Waals surface area contributed by atoms with E-state index in [2.05, 4.69) is 28.3 Å². The quantitative estimate of drug-likeness (QED) is 0.815. The molecule has 0 radical (unpaired) electrons. The van der Waals surface area contributed by atoms with E-state index in [-0.39, 0.29) is 24.3 Å². The number of rotatable bonds is 5. The molecule has 150 valence electrons. The number of hydrogen-bond donors (Lipinski definition) is 1. The fraction of sp³-hybridized carbons (Fsp3) is 0.381. The topological polar surface area (TPSA) is 87.5 Å². The van der Waals surface area contributed by atoms with Gasteiger partial charge >= 0.3 is 0 Å². The van der Waals surface area contributed by atoms with Crippen LogP contribution in [-0.4, -0.2) is 43.1 Å². The van der Waals surface area contributed by atoms with Gasteiger partial charge in [0, 0.05) is 24.9 Å². The van der Waals surface area contributed by atoms with Crippen molar-refractivity contribution in [2.45, 2.75) is 50.8 Å². The molecule has 2 amide bonds. The number of hydrogen-bond acceptors (Lipinski definition) is 6. The lowest BCUT2D eigenvalue weighted by Gasteiger charge is -2.34. The fourth-order valence-corrected chi connectivity index (χ4v) is 4.57. The molecule has 1 atom stereocenters. The van der Waals surface area contributed by atoms with Crippen molar-refractivity contribution in [2.75, 3.05) is 5.32 Å². The smallest absolute Gasteiger partial charge is 0.242 e. The Hall–Kier alpha value is -2.74. The Kier molecular flexibility index (Phi) is 5.62. The minimum Gasteiger partial charge on any atom is -0.309 e. The second-order valence-electron chi connectivity index (χ2n) is 7.36. The van der Waals surface area contributed by atoms with Crippen LogP contribution in [0.4, 0.5) is 11.5 Å². The zero-order valence-corrected chi connectivity index (χ0v) is 17.3. The molecule has 1 saturated heterocycles. The maximum absolute atomic E-state index is 13.1. The van der Waals surface area contributed by atoms with E-state index in [9.17, 15) is 9.59 Å². The number of thioether (sulfide) groups is 1. The van der Waals surface area contributed by atoms with Crippen LogP contribution < -0.4 is 5.32 Å². The van der Waals surface area contributed by atoms with Crippen molar-refractivity contribution in [1.29, 1.82) is 0 Å². The number of carbonyl (C=O) groups is 2. The van der Waals surface area contributed by atoms with E-state index in [1.54, 1.807) is 6.20 Å². The first-order valence-electron chi connectivity index (χ1n) is 9.73. The standard InChI is InChI=1S/C21H23N5O2S/c1-13-5-3-8-16(14(13)2)24-21-26(15-6-4-7-15)20(28)17(29-21)11-19(27)25-18-12-22-9-10-23-18/h3,5,8-10,12,15,17H,4,6-7,11H2,1-2H3,(H,23,25,27). The minimum absolute atomic E-state index is 0.0296. The van der Waals surface area contributed by atoms with Gasteiger partial charge in [0.05, 0.1) is 11.9 Å². The maximum atomic E-state index is 13.1. The van der Waals surface area contributed by atoms with Gasteiger partial charge < -0.3 is 5.32 Å². The molecule has 1 aliphatic heterocycles. The number of nitrogens with one attached hydrogen (secondary N) is 1. The van der Waals surface area contributed by atoms with E-state index >= 15 is 0 Å². The van der Waals surface area contributed by atoms with Crippen molar-refractivity contribution in [3.63, 3.8) is 0 Å². The predicted molar refractivity (Wildman–Crippen MR) is 114 cm³/mol. The maximum Gasteiger partial charge on any atom is 0.242 e. The number of aromatic nitrogens is 2. The normalized spacial score (nSPS) is 20.8. The summed E-state index contributed by atoms with van der Waals surface area (Å²) in [7, 11) is 0. The third kappa shape index (κ3) is 4.17. The van der Waals surface area contributed by atoms with E-state index in [4.69, 9.17) is 4.99 Å². The van der Waals surface area contributed by atoms with Crippen molar-refractivity contribution in [3.05, 3.63) is 47.9 Å². The van der Waals surface area contributed by atoms with Crippen LogP contribution in [-0.2, 0) is 9.59 Å². The monoisotopic (exact) mass is 409 g/mol. The van der Waals surface area contributed by atoms with Crippen LogP contribution in [0.3, 0.4) is 0 Å². The molecule has 29 heavy (non-hydrogen) atoms. The summed E-state index contributed by atoms with van der Waals surface area (Å²) < 4.78 is 0. The molecule has 2 fully saturated rings. The summed E-state index contributed by atoms with van der Waals surface area (Å²) in [5.41, 5.74) is 3.14. The molecule has 1 unspecified atom stereocenters. The summed E-state index contributed by atoms with van der Waals surface area (Å²) in [5.74, 6) is 0.101. The van der Waals surface area contributed by atoms with Crippen LogP contribution in [0, 0.1) is 13.8 Å². The lowest BCUT2D eigenvalue weighted by Crippen LogP contribution is -2.45. The van der Waals surface area contributed by atoms with Gasteiger partial charge in [-0.25, -0.2) is 9.98 Å². The molecule has 2 aromatic rings. The first-order valence-corrected chi connectivity index (χ1v) is 10.6. The Balaban J connectivity index is 1.54. The minimum atomic E-state index is -0.476. The van der Waals surface area contributed by atoms with Crippen LogP contribution in [0.5, 0.6) is 0 Å². The highest BCUT2D eigenvalue weighted by Crippen LogP contribution is 2.38. The Labute approximate surface area is 174 Å². The average Bonchev–Trinajstić information content (AvgIpc) is 2.94. The second-order valence-corrected chi connectivity index (χ2v) is 8.53. The molecule has 1 aromatic carbocycles. The Morgan fingerprint density at radius 2 is 2.14 bits per heavy atom. The van der Waals surface area contributed by atoms with Crippen LogP contribution in [0.25, 0.3) is 0 Å². The van der Waals surface area contributed by atoms with E-state index < -0.39 is 5.25 Å². The number of carbonyl (C=O) groups excluding carboxylic acids is 2. The molecule has 1 saturated carbocycles. The summed E-state index contributed by atoms with van der Waals surface area (Å²) in [6.45, 7) is 4.09. The number of anilines is 1. The van der Waals surface area contributed by atoms with Crippen LogP contribution >= 0.6 is 11.8 Å². The van der Waals surface area contributed by atoms with Gasteiger partial charge in [0.2, 0.25) is 11.8 Å². The van der Waals surface area contributed by atoms with Crippen molar-refractivity contribution >= 4 is 40.2 Å². The van der Waals surface area contributed by atoms with E-state index in [0.717, 1.165) is 36.1 Å². The number of nitrogens with zero attached hydrogens (tertiary/aromatic N) is 4. The number of aliphatic imine (C=N–C) groups is 1. The van der Waals surface area contributed by atoms with Crippen molar-refractivity contribution < 1.29 is 9.59 Å². The lowest BCUT2D eigenvalue weighted by molar-refractivity contribution is -0.130. The van der Waals surface area contributed by atoms with Crippen LogP contribution in [0.1, 0.15) is 36.8 Å². The highest BCUT2D eigenvalue weighted by atomic mass is 32.2. The van der Waals surface area contributed by atoms with E-state index in [1.807, 2.05) is 24.0 Å². The average molecular weight is 410 g/mol. The van der Waals surface area contributed by atoms with Gasteiger partial charge in [-0.2, -0.15) is 0 Å². The van der Waals surface area contributed by atoms with E-state index in [0.29, 0.717) is 11.0 Å². The molecule has 1 aromatic heterocycles. The number of benzene rings is 1. The molecule has 8 heteroatoms. The SMILES string of the molecule is Cc1cccc(N=C2SC(CC(=O)Nc3cnccn3)C(=O)N2C2CCC2)c1C. The van der Waals surface area contributed by atoms with Gasteiger partial charge in [-0.05, 0) is 50.3 Å². The summed E-state index contributed by atoms with van der Waals surface area (Å²) in [5, 5.41) is 2.93. The summed E-state index contributed by atoms with van der Waals surface area (Å²) in [6, 6.07) is 6.18. The molecule has 4 rings (SSSR count). The fourth-order valence-electron chi connectivity index (χ4n) is 3.36. The van der Waals surface area contributed by atoms with E-state index in [1.165, 1.54) is 24.2 Å². The van der Waals surface area contributed by atoms with Crippen LogP contribution in [0.2, 0.25) is 0 Å². The zero-order chi connectivity index (χ0) is 20.4.